The summed E-state index contributed by atoms with van der Waals surface area (Å²) in [6.45, 7) is 6.77. The monoisotopic (exact) mass is 270 g/mol. The second-order valence-electron chi connectivity index (χ2n) is 6.13. The Morgan fingerprint density at radius 3 is 2.79 bits per heavy atom. The maximum absolute atomic E-state index is 11.1. The molecule has 0 aromatic rings. The Hall–Kier alpha value is -0.900. The zero-order chi connectivity index (χ0) is 14.3. The summed E-state index contributed by atoms with van der Waals surface area (Å²) in [7, 11) is 0. The molecule has 1 aliphatic rings. The van der Waals surface area contributed by atoms with E-state index in [0.717, 1.165) is 6.42 Å². The third-order valence-electron chi connectivity index (χ3n) is 3.76. The van der Waals surface area contributed by atoms with E-state index in [1.54, 1.807) is 6.92 Å². The van der Waals surface area contributed by atoms with Gasteiger partial charge in [-0.2, -0.15) is 0 Å². The van der Waals surface area contributed by atoms with Gasteiger partial charge in [-0.25, -0.2) is 0 Å². The maximum Gasteiger partial charge on any atom is 0.308 e. The molecule has 4 nitrogen and oxygen atoms in total. The highest BCUT2D eigenvalue weighted by Gasteiger charge is 2.27. The summed E-state index contributed by atoms with van der Waals surface area (Å²) in [5, 5.41) is 0. The van der Waals surface area contributed by atoms with Crippen LogP contribution in [0, 0.1) is 11.3 Å². The van der Waals surface area contributed by atoms with Gasteiger partial charge in [-0.1, -0.05) is 33.6 Å². The number of carbonyl (C=O) groups excluding carboxylic acids is 2. The van der Waals surface area contributed by atoms with Gasteiger partial charge in [0.2, 0.25) is 0 Å². The molecule has 1 unspecified atom stereocenters. The van der Waals surface area contributed by atoms with E-state index in [0.29, 0.717) is 24.2 Å². The molecule has 1 saturated carbocycles. The Morgan fingerprint density at radius 1 is 1.47 bits per heavy atom. The smallest absolute Gasteiger partial charge is 0.308 e. The highest BCUT2D eigenvalue weighted by molar-refractivity contribution is 5.71. The fraction of sp³-hybridized carbons (Fsp3) is 0.867. The molecule has 0 saturated heterocycles. The topological polar surface area (TPSA) is 52.6 Å². The van der Waals surface area contributed by atoms with Crippen LogP contribution in [0.3, 0.4) is 0 Å². The van der Waals surface area contributed by atoms with Crippen molar-refractivity contribution in [3.05, 3.63) is 0 Å². The van der Waals surface area contributed by atoms with Crippen LogP contribution in [0.25, 0.3) is 0 Å². The van der Waals surface area contributed by atoms with Gasteiger partial charge in [0.15, 0.2) is 6.29 Å². The lowest BCUT2D eigenvalue weighted by Gasteiger charge is -2.35. The lowest BCUT2D eigenvalue weighted by atomic mass is 9.71. The first-order chi connectivity index (χ1) is 8.96. The Balaban J connectivity index is 2.24. The molecule has 0 aromatic heterocycles. The van der Waals surface area contributed by atoms with Crippen molar-refractivity contribution in [3.8, 4) is 0 Å². The SMILES string of the molecule is CCC(=O)OC(C=O)OCC[C@@H]1CCCC(C)(C)C1. The van der Waals surface area contributed by atoms with Gasteiger partial charge in [-0.15, -0.1) is 0 Å². The van der Waals surface area contributed by atoms with E-state index >= 15 is 0 Å². The molecule has 0 amide bonds. The predicted molar refractivity (Wildman–Crippen MR) is 72.5 cm³/mol. The average Bonchev–Trinajstić information content (AvgIpc) is 2.36. The molecule has 1 rings (SSSR count). The molecule has 0 radical (unpaired) electrons. The molecule has 0 N–H and O–H groups in total. The van der Waals surface area contributed by atoms with E-state index in [-0.39, 0.29) is 6.42 Å². The Morgan fingerprint density at radius 2 is 2.21 bits per heavy atom. The number of aldehydes is 1. The molecule has 19 heavy (non-hydrogen) atoms. The quantitative estimate of drug-likeness (QED) is 0.405. The Bertz CT molecular complexity index is 299. The van der Waals surface area contributed by atoms with Crippen LogP contribution in [0.15, 0.2) is 0 Å². The lowest BCUT2D eigenvalue weighted by molar-refractivity contribution is -0.179. The summed E-state index contributed by atoms with van der Waals surface area (Å²) in [6, 6.07) is 0. The standard InChI is InChI=1S/C15H26O4/c1-4-13(17)19-14(11-16)18-9-7-12-6-5-8-15(2,3)10-12/h11-12,14H,4-10H2,1-3H3/t12-,14?/m0/s1. The summed E-state index contributed by atoms with van der Waals surface area (Å²) in [5.74, 6) is 0.244. The molecule has 2 atom stereocenters. The minimum absolute atomic E-state index is 0.254. The number of esters is 1. The van der Waals surface area contributed by atoms with Crippen molar-refractivity contribution in [2.75, 3.05) is 6.61 Å². The second kappa shape index (κ2) is 7.63. The van der Waals surface area contributed by atoms with Gasteiger partial charge in [-0.05, 0) is 30.6 Å². The van der Waals surface area contributed by atoms with E-state index in [4.69, 9.17) is 9.47 Å². The van der Waals surface area contributed by atoms with Crippen molar-refractivity contribution in [3.63, 3.8) is 0 Å². The first-order valence-electron chi connectivity index (χ1n) is 7.23. The fourth-order valence-electron chi connectivity index (χ4n) is 2.77. The summed E-state index contributed by atoms with van der Waals surface area (Å²) in [4.78, 5) is 21.8. The molecular formula is C15H26O4. The van der Waals surface area contributed by atoms with Crippen LogP contribution in [0.5, 0.6) is 0 Å². The van der Waals surface area contributed by atoms with E-state index in [1.807, 2.05) is 0 Å². The van der Waals surface area contributed by atoms with Crippen LogP contribution in [-0.2, 0) is 19.1 Å². The molecule has 1 aliphatic carbocycles. The largest absolute Gasteiger partial charge is 0.428 e. The van der Waals surface area contributed by atoms with Crippen molar-refractivity contribution in [1.82, 2.24) is 0 Å². The number of hydrogen-bond acceptors (Lipinski definition) is 4. The van der Waals surface area contributed by atoms with Gasteiger partial charge in [0.05, 0.1) is 6.61 Å². The molecule has 0 aromatic carbocycles. The second-order valence-corrected chi connectivity index (χ2v) is 6.13. The molecule has 0 spiro atoms. The fourth-order valence-corrected chi connectivity index (χ4v) is 2.77. The summed E-state index contributed by atoms with van der Waals surface area (Å²) >= 11 is 0. The van der Waals surface area contributed by atoms with Crippen molar-refractivity contribution < 1.29 is 19.1 Å². The van der Waals surface area contributed by atoms with Gasteiger partial charge in [0, 0.05) is 6.42 Å². The van der Waals surface area contributed by atoms with Crippen LogP contribution in [0.2, 0.25) is 0 Å². The third kappa shape index (κ3) is 6.19. The van der Waals surface area contributed by atoms with E-state index < -0.39 is 12.3 Å². The van der Waals surface area contributed by atoms with Gasteiger partial charge in [0.25, 0.3) is 6.29 Å². The van der Waals surface area contributed by atoms with Crippen molar-refractivity contribution in [2.24, 2.45) is 11.3 Å². The van der Waals surface area contributed by atoms with Crippen LogP contribution in [0.4, 0.5) is 0 Å². The minimum atomic E-state index is -1.04. The lowest BCUT2D eigenvalue weighted by Crippen LogP contribution is -2.26. The number of hydrogen-bond donors (Lipinski definition) is 0. The first kappa shape index (κ1) is 16.2. The molecule has 110 valence electrons. The first-order valence-corrected chi connectivity index (χ1v) is 7.23. The number of ether oxygens (including phenoxy) is 2. The minimum Gasteiger partial charge on any atom is -0.428 e. The molecular weight excluding hydrogens is 244 g/mol. The molecule has 1 fully saturated rings. The Kier molecular flexibility index (Phi) is 6.49. The maximum atomic E-state index is 11.1. The molecule has 0 heterocycles. The van der Waals surface area contributed by atoms with Crippen LogP contribution in [-0.4, -0.2) is 25.2 Å². The summed E-state index contributed by atoms with van der Waals surface area (Å²) in [6.07, 6.45) is 5.67. The zero-order valence-electron chi connectivity index (χ0n) is 12.3. The highest BCUT2D eigenvalue weighted by atomic mass is 16.7. The molecule has 4 heteroatoms. The number of rotatable bonds is 7. The van der Waals surface area contributed by atoms with Crippen molar-refractivity contribution >= 4 is 12.3 Å². The van der Waals surface area contributed by atoms with Gasteiger partial charge < -0.3 is 9.47 Å². The van der Waals surface area contributed by atoms with E-state index in [1.165, 1.54) is 25.7 Å². The molecule has 0 aliphatic heterocycles. The van der Waals surface area contributed by atoms with Crippen LogP contribution in [0.1, 0.15) is 59.3 Å². The number of carbonyl (C=O) groups is 2. The summed E-state index contributed by atoms with van der Waals surface area (Å²) in [5.41, 5.74) is 0.418. The van der Waals surface area contributed by atoms with Crippen molar-refractivity contribution in [1.29, 1.82) is 0 Å². The van der Waals surface area contributed by atoms with E-state index in [9.17, 15) is 9.59 Å². The van der Waals surface area contributed by atoms with Gasteiger partial charge in [0.1, 0.15) is 0 Å². The van der Waals surface area contributed by atoms with Crippen LogP contribution >= 0.6 is 0 Å². The normalized spacial score (nSPS) is 23.6. The Labute approximate surface area is 115 Å². The van der Waals surface area contributed by atoms with E-state index in [2.05, 4.69) is 13.8 Å². The van der Waals surface area contributed by atoms with Gasteiger partial charge in [-0.3, -0.25) is 9.59 Å². The zero-order valence-corrected chi connectivity index (χ0v) is 12.3. The summed E-state index contributed by atoms with van der Waals surface area (Å²) < 4.78 is 10.2. The predicted octanol–water partition coefficient (Wildman–Crippen LogP) is 3.09. The highest BCUT2D eigenvalue weighted by Crippen LogP contribution is 2.39. The van der Waals surface area contributed by atoms with Gasteiger partial charge >= 0.3 is 5.97 Å². The molecule has 0 bridgehead atoms. The third-order valence-corrected chi connectivity index (χ3v) is 3.76. The van der Waals surface area contributed by atoms with Crippen LogP contribution < -0.4 is 0 Å². The van der Waals surface area contributed by atoms with Crippen molar-refractivity contribution in [2.45, 2.75) is 65.6 Å². The average molecular weight is 270 g/mol.